The monoisotopic (exact) mass is 539 g/mol. The average molecular weight is 540 g/mol. The van der Waals surface area contributed by atoms with Crippen LogP contribution in [0.25, 0.3) is 0 Å². The van der Waals surface area contributed by atoms with Crippen molar-refractivity contribution in [2.24, 2.45) is 11.3 Å². The Morgan fingerprint density at radius 2 is 1.82 bits per heavy atom. The highest BCUT2D eigenvalue weighted by atomic mass is 35.5. The highest BCUT2D eigenvalue weighted by Crippen LogP contribution is 2.46. The lowest BCUT2D eigenvalue weighted by atomic mass is 9.74. The molecule has 1 aliphatic heterocycles. The Hall–Kier alpha value is -3.13. The Labute approximate surface area is 227 Å². The zero-order valence-electron chi connectivity index (χ0n) is 21.7. The number of nitrogens with one attached hydrogen (secondary N) is 1. The summed E-state index contributed by atoms with van der Waals surface area (Å²) in [7, 11) is 1.38. The third-order valence-corrected chi connectivity index (χ3v) is 9.07. The van der Waals surface area contributed by atoms with Gasteiger partial charge in [0.05, 0.1) is 18.5 Å². The number of likely N-dealkylation sites (tertiary alicyclic amines) is 1. The van der Waals surface area contributed by atoms with Gasteiger partial charge in [0.1, 0.15) is 0 Å². The highest BCUT2D eigenvalue weighted by molar-refractivity contribution is 6.30. The van der Waals surface area contributed by atoms with Crippen LogP contribution < -0.4 is 10.1 Å². The van der Waals surface area contributed by atoms with Gasteiger partial charge in [0.2, 0.25) is 11.8 Å². The van der Waals surface area contributed by atoms with Gasteiger partial charge in [0, 0.05) is 41.6 Å². The zero-order valence-corrected chi connectivity index (χ0v) is 22.4. The molecule has 9 heteroatoms. The smallest absolute Gasteiger partial charge is 0.310 e. The third kappa shape index (κ3) is 5.37. The topological polar surface area (TPSA) is 102 Å². The minimum absolute atomic E-state index is 0.0102. The van der Waals surface area contributed by atoms with Crippen LogP contribution in [-0.4, -0.2) is 47.9 Å². The van der Waals surface area contributed by atoms with Crippen LogP contribution in [0.2, 0.25) is 5.02 Å². The molecule has 1 N–H and O–H groups in total. The lowest BCUT2D eigenvalue weighted by Gasteiger charge is -2.52. The molecule has 1 saturated heterocycles. The Bertz CT molecular complexity index is 1200. The number of methoxy groups -OCH3 is 1. The minimum atomic E-state index is -0.497. The maximum Gasteiger partial charge on any atom is 0.310 e. The Kier molecular flexibility index (Phi) is 7.61. The van der Waals surface area contributed by atoms with E-state index in [2.05, 4.69) is 17.4 Å². The summed E-state index contributed by atoms with van der Waals surface area (Å²) in [5, 5.41) is 15.2. The molecule has 2 aromatic rings. The molecule has 3 aliphatic rings. The molecule has 5 rings (SSSR count). The van der Waals surface area contributed by atoms with E-state index < -0.39 is 4.92 Å². The first-order chi connectivity index (χ1) is 18.3. The summed E-state index contributed by atoms with van der Waals surface area (Å²) < 4.78 is 5.13. The number of nitro groups is 1. The van der Waals surface area contributed by atoms with Crippen LogP contribution in [0.4, 0.5) is 5.69 Å². The molecular formula is C29H34ClN3O5. The number of halogens is 1. The van der Waals surface area contributed by atoms with Crippen LogP contribution in [0, 0.1) is 21.4 Å². The van der Waals surface area contributed by atoms with Gasteiger partial charge >= 0.3 is 5.69 Å². The van der Waals surface area contributed by atoms with Crippen molar-refractivity contribution in [3.63, 3.8) is 0 Å². The van der Waals surface area contributed by atoms with E-state index in [9.17, 15) is 19.7 Å². The van der Waals surface area contributed by atoms with Crippen molar-refractivity contribution in [1.29, 1.82) is 0 Å². The first kappa shape index (κ1) is 26.5. The fourth-order valence-corrected chi connectivity index (χ4v) is 6.74. The van der Waals surface area contributed by atoms with E-state index in [1.165, 1.54) is 18.7 Å². The number of hydrogen-bond acceptors (Lipinski definition) is 5. The van der Waals surface area contributed by atoms with Gasteiger partial charge in [-0.1, -0.05) is 36.2 Å². The van der Waals surface area contributed by atoms with Crippen LogP contribution in [-0.2, 0) is 16.0 Å². The molecule has 1 atom stereocenters. The van der Waals surface area contributed by atoms with E-state index in [-0.39, 0.29) is 47.0 Å². The van der Waals surface area contributed by atoms with Crippen molar-refractivity contribution in [2.75, 3.05) is 20.2 Å². The number of carbonyl (C=O) groups is 2. The summed E-state index contributed by atoms with van der Waals surface area (Å²) in [6.07, 6.45) is 6.97. The molecule has 1 unspecified atom stereocenters. The van der Waals surface area contributed by atoms with Crippen molar-refractivity contribution in [3.8, 4) is 5.75 Å². The summed E-state index contributed by atoms with van der Waals surface area (Å²) in [6, 6.07) is 12.7. The predicted octanol–water partition coefficient (Wildman–Crippen LogP) is 5.27. The van der Waals surface area contributed by atoms with E-state index in [0.717, 1.165) is 50.0 Å². The lowest BCUT2D eigenvalue weighted by molar-refractivity contribution is -0.385. The van der Waals surface area contributed by atoms with E-state index in [1.54, 1.807) is 12.1 Å². The normalized spacial score (nSPS) is 24.1. The molecule has 2 aliphatic carbocycles. The number of carbonyl (C=O) groups excluding carboxylic acids is 2. The molecule has 0 bridgehead atoms. The Morgan fingerprint density at radius 3 is 2.47 bits per heavy atom. The Morgan fingerprint density at radius 1 is 1.11 bits per heavy atom. The van der Waals surface area contributed by atoms with E-state index >= 15 is 0 Å². The van der Waals surface area contributed by atoms with Gasteiger partial charge in [-0.25, -0.2) is 0 Å². The summed E-state index contributed by atoms with van der Waals surface area (Å²) in [5.41, 5.74) is 1.83. The van der Waals surface area contributed by atoms with E-state index in [0.29, 0.717) is 24.6 Å². The third-order valence-electron chi connectivity index (χ3n) is 8.82. The second kappa shape index (κ2) is 10.9. The van der Waals surface area contributed by atoms with Crippen LogP contribution in [0.3, 0.4) is 0 Å². The van der Waals surface area contributed by atoms with Gasteiger partial charge in [-0.15, -0.1) is 0 Å². The van der Waals surface area contributed by atoms with Crippen LogP contribution >= 0.6 is 11.6 Å². The standard InChI is InChI=1S/C29H34ClN3O5/c1-38-25-15-19(4-13-24(25)33(36)37)16-27(34)32-17-29(18-32)14-2-3-26(29)31-28(35)22-7-5-20(6-8-22)21-9-11-23(30)12-10-21/h4,9-13,15,20,22,26H,2-3,5-8,14,16-18H2,1H3,(H,31,35). The summed E-state index contributed by atoms with van der Waals surface area (Å²) >= 11 is 6.02. The molecule has 0 aromatic heterocycles. The molecule has 202 valence electrons. The molecule has 3 fully saturated rings. The number of nitrogens with zero attached hydrogens (tertiary/aromatic N) is 2. The van der Waals surface area contributed by atoms with Gasteiger partial charge in [0.25, 0.3) is 0 Å². The van der Waals surface area contributed by atoms with Gasteiger partial charge in [-0.05, 0) is 73.8 Å². The van der Waals surface area contributed by atoms with Crippen LogP contribution in [0.15, 0.2) is 42.5 Å². The highest BCUT2D eigenvalue weighted by Gasteiger charge is 2.53. The Balaban J connectivity index is 1.12. The average Bonchev–Trinajstić information content (AvgIpc) is 3.31. The maximum atomic E-state index is 13.2. The summed E-state index contributed by atoms with van der Waals surface area (Å²) in [5.74, 6) is 0.834. The second-order valence-electron chi connectivity index (χ2n) is 11.1. The molecule has 38 heavy (non-hydrogen) atoms. The predicted molar refractivity (Wildman–Crippen MR) is 144 cm³/mol. The largest absolute Gasteiger partial charge is 0.490 e. The maximum absolute atomic E-state index is 13.2. The minimum Gasteiger partial charge on any atom is -0.490 e. The molecular weight excluding hydrogens is 506 g/mol. The molecule has 2 aromatic carbocycles. The number of amides is 2. The van der Waals surface area contributed by atoms with Gasteiger partial charge < -0.3 is 15.0 Å². The van der Waals surface area contributed by atoms with Crippen molar-refractivity contribution in [1.82, 2.24) is 10.2 Å². The van der Waals surface area contributed by atoms with Gasteiger partial charge in [0.15, 0.2) is 5.75 Å². The van der Waals surface area contributed by atoms with E-state index in [4.69, 9.17) is 16.3 Å². The fourth-order valence-electron chi connectivity index (χ4n) is 6.62. The first-order valence-electron chi connectivity index (χ1n) is 13.4. The molecule has 1 spiro atoms. The molecule has 1 heterocycles. The van der Waals surface area contributed by atoms with Crippen LogP contribution in [0.1, 0.15) is 62.0 Å². The summed E-state index contributed by atoms with van der Waals surface area (Å²) in [6.45, 7) is 1.29. The van der Waals surface area contributed by atoms with Crippen molar-refractivity contribution < 1.29 is 19.2 Å². The number of benzene rings is 2. The van der Waals surface area contributed by atoms with Crippen molar-refractivity contribution in [2.45, 2.75) is 63.3 Å². The number of nitro benzene ring substituents is 1. The van der Waals surface area contributed by atoms with Crippen LogP contribution in [0.5, 0.6) is 5.75 Å². The lowest BCUT2D eigenvalue weighted by Crippen LogP contribution is -2.65. The molecule has 2 amide bonds. The fraction of sp³-hybridized carbons (Fsp3) is 0.517. The SMILES string of the molecule is COc1cc(CC(=O)N2CC3(CCCC3NC(=O)C3CCC(c4ccc(Cl)cc4)CC3)C2)ccc1[N+](=O)[O-]. The summed E-state index contributed by atoms with van der Waals surface area (Å²) in [4.78, 5) is 38.6. The molecule has 8 nitrogen and oxygen atoms in total. The first-order valence-corrected chi connectivity index (χ1v) is 13.8. The van der Waals surface area contributed by atoms with E-state index in [1.807, 2.05) is 17.0 Å². The number of ether oxygens (including phenoxy) is 1. The quantitative estimate of drug-likeness (QED) is 0.381. The number of rotatable bonds is 7. The van der Waals surface area contributed by atoms with Gasteiger partial charge in [-0.3, -0.25) is 19.7 Å². The van der Waals surface area contributed by atoms with Gasteiger partial charge in [-0.2, -0.15) is 0 Å². The molecule has 0 radical (unpaired) electrons. The number of hydrogen-bond donors (Lipinski definition) is 1. The zero-order chi connectivity index (χ0) is 26.9. The van der Waals surface area contributed by atoms with Crippen molar-refractivity contribution in [3.05, 3.63) is 68.7 Å². The molecule has 2 saturated carbocycles. The van der Waals surface area contributed by atoms with Crippen molar-refractivity contribution >= 4 is 29.1 Å². The second-order valence-corrected chi connectivity index (χ2v) is 11.5.